The lowest BCUT2D eigenvalue weighted by Gasteiger charge is -2.21. The van der Waals surface area contributed by atoms with Gasteiger partial charge in [0.1, 0.15) is 5.75 Å². The second-order valence-electron chi connectivity index (χ2n) is 3.97. The van der Waals surface area contributed by atoms with Gasteiger partial charge in [0.2, 0.25) is 0 Å². The number of halogens is 2. The first-order valence-corrected chi connectivity index (χ1v) is 5.72. The van der Waals surface area contributed by atoms with Crippen LogP contribution in [0.5, 0.6) is 5.75 Å². The molecule has 0 fully saturated rings. The van der Waals surface area contributed by atoms with Crippen molar-refractivity contribution in [1.82, 2.24) is 0 Å². The quantitative estimate of drug-likeness (QED) is 0.838. The number of methoxy groups -OCH3 is 1. The first-order valence-electron chi connectivity index (χ1n) is 5.72. The molecule has 0 aliphatic carbocycles. The van der Waals surface area contributed by atoms with E-state index in [1.165, 1.54) is 25.3 Å². The zero-order valence-electron chi connectivity index (χ0n) is 10.9. The molecular formula is C13H16F2O4. The Kier molecular flexibility index (Phi) is 4.83. The van der Waals surface area contributed by atoms with Crippen LogP contribution in [-0.2, 0) is 15.5 Å². The van der Waals surface area contributed by atoms with Gasteiger partial charge in [-0.05, 0) is 13.0 Å². The Labute approximate surface area is 109 Å². The Morgan fingerprint density at radius 1 is 1.47 bits per heavy atom. The Hall–Kier alpha value is -1.69. The number of rotatable bonds is 5. The lowest BCUT2D eigenvalue weighted by Crippen LogP contribution is -2.21. The van der Waals surface area contributed by atoms with Crippen molar-refractivity contribution in [2.75, 3.05) is 13.7 Å². The average molecular weight is 274 g/mol. The minimum atomic E-state index is -3.25. The maximum Gasteiger partial charge on any atom is 0.339 e. The number of esters is 1. The summed E-state index contributed by atoms with van der Waals surface area (Å²) < 4.78 is 36.7. The monoisotopic (exact) mass is 274 g/mol. The second-order valence-corrected chi connectivity index (χ2v) is 3.97. The van der Waals surface area contributed by atoms with Crippen LogP contribution < -0.4 is 4.74 Å². The number of carbonyl (C=O) groups excluding carboxylic acids is 1. The van der Waals surface area contributed by atoms with E-state index in [1.807, 2.05) is 0 Å². The average Bonchev–Trinajstić information content (AvgIpc) is 2.36. The van der Waals surface area contributed by atoms with Gasteiger partial charge in [-0.3, -0.25) is 0 Å². The third-order valence-electron chi connectivity index (χ3n) is 2.52. The molecule has 0 heterocycles. The van der Waals surface area contributed by atoms with Gasteiger partial charge >= 0.3 is 5.97 Å². The number of carbonyl (C=O) groups is 1. The van der Waals surface area contributed by atoms with E-state index < -0.39 is 23.6 Å². The SMILES string of the molecule is CCOC(=O)C(O)c1cccc(OC)c1C(C)(F)F. The van der Waals surface area contributed by atoms with Gasteiger partial charge in [-0.1, -0.05) is 12.1 Å². The first kappa shape index (κ1) is 15.4. The van der Waals surface area contributed by atoms with Crippen LogP contribution in [0.3, 0.4) is 0 Å². The van der Waals surface area contributed by atoms with Crippen molar-refractivity contribution >= 4 is 5.97 Å². The highest BCUT2D eigenvalue weighted by Gasteiger charge is 2.35. The maximum atomic E-state index is 13.6. The van der Waals surface area contributed by atoms with Gasteiger partial charge in [0.15, 0.2) is 6.10 Å². The van der Waals surface area contributed by atoms with Gasteiger partial charge < -0.3 is 14.6 Å². The summed E-state index contributed by atoms with van der Waals surface area (Å²) in [5, 5.41) is 9.82. The molecule has 0 spiro atoms. The molecule has 0 saturated carbocycles. The van der Waals surface area contributed by atoms with E-state index >= 15 is 0 Å². The Morgan fingerprint density at radius 2 is 2.11 bits per heavy atom. The number of hydrogen-bond acceptors (Lipinski definition) is 4. The number of benzene rings is 1. The van der Waals surface area contributed by atoms with Crippen molar-refractivity contribution in [3.8, 4) is 5.75 Å². The predicted molar refractivity (Wildman–Crippen MR) is 64.2 cm³/mol. The third kappa shape index (κ3) is 3.41. The molecular weight excluding hydrogens is 258 g/mol. The van der Waals surface area contributed by atoms with E-state index in [0.717, 1.165) is 0 Å². The number of alkyl halides is 2. The molecule has 0 saturated heterocycles. The summed E-state index contributed by atoms with van der Waals surface area (Å²) in [4.78, 5) is 11.5. The molecule has 1 N–H and O–H groups in total. The highest BCUT2D eigenvalue weighted by atomic mass is 19.3. The van der Waals surface area contributed by atoms with Gasteiger partial charge in [0.25, 0.3) is 5.92 Å². The summed E-state index contributed by atoms with van der Waals surface area (Å²) in [7, 11) is 1.24. The van der Waals surface area contributed by atoms with Gasteiger partial charge in [-0.25, -0.2) is 13.6 Å². The normalized spacial score (nSPS) is 12.9. The topological polar surface area (TPSA) is 55.8 Å². The number of hydrogen-bond donors (Lipinski definition) is 1. The lowest BCUT2D eigenvalue weighted by atomic mass is 9.97. The second kappa shape index (κ2) is 5.97. The Balaban J connectivity index is 3.31. The summed E-state index contributed by atoms with van der Waals surface area (Å²) >= 11 is 0. The van der Waals surface area contributed by atoms with Crippen LogP contribution in [0.25, 0.3) is 0 Å². The molecule has 106 valence electrons. The number of aliphatic hydroxyl groups excluding tert-OH is 1. The van der Waals surface area contributed by atoms with Crippen molar-refractivity contribution in [1.29, 1.82) is 0 Å². The zero-order chi connectivity index (χ0) is 14.6. The third-order valence-corrected chi connectivity index (χ3v) is 2.52. The van der Waals surface area contributed by atoms with Crippen molar-refractivity contribution < 1.29 is 28.2 Å². The van der Waals surface area contributed by atoms with E-state index in [-0.39, 0.29) is 17.9 Å². The van der Waals surface area contributed by atoms with Crippen LogP contribution in [-0.4, -0.2) is 24.8 Å². The molecule has 0 bridgehead atoms. The minimum Gasteiger partial charge on any atom is -0.496 e. The fourth-order valence-electron chi connectivity index (χ4n) is 1.76. The molecule has 1 unspecified atom stereocenters. The van der Waals surface area contributed by atoms with Gasteiger partial charge in [-0.2, -0.15) is 0 Å². The molecule has 0 aromatic heterocycles. The maximum absolute atomic E-state index is 13.6. The molecule has 0 radical (unpaired) electrons. The van der Waals surface area contributed by atoms with Gasteiger partial charge in [0, 0.05) is 12.5 Å². The van der Waals surface area contributed by atoms with Crippen LogP contribution >= 0.6 is 0 Å². The van der Waals surface area contributed by atoms with Crippen molar-refractivity contribution in [2.24, 2.45) is 0 Å². The molecule has 19 heavy (non-hydrogen) atoms. The zero-order valence-corrected chi connectivity index (χ0v) is 10.9. The molecule has 1 aromatic carbocycles. The van der Waals surface area contributed by atoms with Crippen molar-refractivity contribution in [2.45, 2.75) is 25.9 Å². The highest BCUT2D eigenvalue weighted by molar-refractivity contribution is 5.77. The van der Waals surface area contributed by atoms with Gasteiger partial charge in [-0.15, -0.1) is 0 Å². The fraction of sp³-hybridized carbons (Fsp3) is 0.462. The Morgan fingerprint density at radius 3 is 2.58 bits per heavy atom. The largest absolute Gasteiger partial charge is 0.496 e. The molecule has 1 rings (SSSR count). The van der Waals surface area contributed by atoms with E-state index in [0.29, 0.717) is 6.92 Å². The number of aliphatic hydroxyl groups is 1. The van der Waals surface area contributed by atoms with Crippen LogP contribution in [0.1, 0.15) is 31.1 Å². The molecule has 0 aliphatic heterocycles. The fourth-order valence-corrected chi connectivity index (χ4v) is 1.76. The molecule has 6 heteroatoms. The Bertz CT molecular complexity index is 454. The molecule has 1 atom stereocenters. The summed E-state index contributed by atoms with van der Waals surface area (Å²) in [5.74, 6) is -4.32. The molecule has 1 aromatic rings. The van der Waals surface area contributed by atoms with E-state index in [1.54, 1.807) is 6.92 Å². The molecule has 0 aliphatic rings. The van der Waals surface area contributed by atoms with Crippen molar-refractivity contribution in [3.05, 3.63) is 29.3 Å². The van der Waals surface area contributed by atoms with Crippen LogP contribution in [0.2, 0.25) is 0 Å². The van der Waals surface area contributed by atoms with Crippen LogP contribution in [0, 0.1) is 0 Å². The molecule has 4 nitrogen and oxygen atoms in total. The number of ether oxygens (including phenoxy) is 2. The predicted octanol–water partition coefficient (Wildman–Crippen LogP) is 2.40. The van der Waals surface area contributed by atoms with Crippen molar-refractivity contribution in [3.63, 3.8) is 0 Å². The first-order chi connectivity index (χ1) is 8.82. The lowest BCUT2D eigenvalue weighted by molar-refractivity contribution is -0.153. The van der Waals surface area contributed by atoms with Crippen LogP contribution in [0.4, 0.5) is 8.78 Å². The summed E-state index contributed by atoms with van der Waals surface area (Å²) in [6.07, 6.45) is -1.77. The molecule has 0 amide bonds. The van der Waals surface area contributed by atoms with E-state index in [4.69, 9.17) is 4.74 Å². The summed E-state index contributed by atoms with van der Waals surface area (Å²) in [6, 6.07) is 4.01. The smallest absolute Gasteiger partial charge is 0.339 e. The van der Waals surface area contributed by atoms with E-state index in [2.05, 4.69) is 4.74 Å². The highest BCUT2D eigenvalue weighted by Crippen LogP contribution is 2.39. The van der Waals surface area contributed by atoms with Gasteiger partial charge in [0.05, 0.1) is 19.3 Å². The summed E-state index contributed by atoms with van der Waals surface area (Å²) in [6.45, 7) is 2.29. The van der Waals surface area contributed by atoms with E-state index in [9.17, 15) is 18.7 Å². The standard InChI is InChI=1S/C13H16F2O4/c1-4-19-12(17)11(16)8-6-5-7-9(18-3)10(8)13(2,14)15/h5-7,11,16H,4H2,1-3H3. The summed E-state index contributed by atoms with van der Waals surface area (Å²) in [5.41, 5.74) is -0.733. The minimum absolute atomic E-state index is 0.0533. The van der Waals surface area contributed by atoms with Crippen LogP contribution in [0.15, 0.2) is 18.2 Å².